The van der Waals surface area contributed by atoms with Crippen LogP contribution in [-0.4, -0.2) is 43.2 Å². The molecule has 2 N–H and O–H groups in total. The maximum atomic E-state index is 0. The molecule has 0 saturated carbocycles. The molecule has 4 heteroatoms. The Hall–Kier alpha value is 2.93. The van der Waals surface area contributed by atoms with Crippen LogP contribution in [0.2, 0.25) is 0 Å². The smallest absolute Gasteiger partial charge is 0 e. The fourth-order valence-corrected chi connectivity index (χ4v) is 0. The first-order chi connectivity index (χ1) is 0. The molecule has 0 aromatic carbocycles. The Balaban J connectivity index is 0. The van der Waals surface area contributed by atoms with Gasteiger partial charge in [-0.25, -0.2) is 0 Å². The second-order valence-electron chi connectivity index (χ2n) is 0. The second kappa shape index (κ2) is 16.8. The predicted octanol–water partition coefficient (Wildman–Crippen LogP) is -1.21. The molecular weight excluding hydrogens is 250 g/mol. The van der Waals surface area contributed by atoms with Crippen LogP contribution in [-0.2, 0) is 17.1 Å². The van der Waals surface area contributed by atoms with E-state index < -0.39 is 0 Å². The normalized spacial score (nSPS) is 0. The minimum atomic E-state index is 0. The zero-order valence-corrected chi connectivity index (χ0v) is 9.18. The zero-order valence-electron chi connectivity index (χ0n) is 2.16. The van der Waals surface area contributed by atoms with Gasteiger partial charge in [0.1, 0.15) is 0 Å². The largest absolute Gasteiger partial charge is 0.412 e. The van der Waals surface area contributed by atoms with Gasteiger partial charge in [-0.3, -0.25) is 0 Å². The number of rotatable bonds is 0. The van der Waals surface area contributed by atoms with Crippen molar-refractivity contribution in [1.82, 2.24) is 0 Å². The van der Waals surface area contributed by atoms with E-state index >= 15 is 0 Å². The Labute approximate surface area is 93.7 Å². The Morgan fingerprint density at radius 2 is 1.00 bits per heavy atom. The van der Waals surface area contributed by atoms with Crippen LogP contribution in [0.1, 0.15) is 0 Å². The maximum Gasteiger partial charge on any atom is 0 e. The van der Waals surface area contributed by atoms with Crippen LogP contribution in [0.25, 0.3) is 0 Å². The molecule has 0 unspecified atom stereocenters. The summed E-state index contributed by atoms with van der Waals surface area (Å²) in [6.07, 6.45) is 0. The van der Waals surface area contributed by atoms with Crippen LogP contribution in [0, 0.1) is 35.6 Å². The fourth-order valence-electron chi connectivity index (χ4n) is 0. The van der Waals surface area contributed by atoms with E-state index in [4.69, 9.17) is 0 Å². The summed E-state index contributed by atoms with van der Waals surface area (Å²) >= 11 is 0. The molecule has 0 amide bonds. The predicted molar refractivity (Wildman–Crippen MR) is 9.37 cm³/mol. The third-order valence-corrected chi connectivity index (χ3v) is 0. The Bertz CT molecular complexity index is 8.00. The van der Waals surface area contributed by atoms with Crippen LogP contribution < -0.4 is 0 Å². The first-order valence-corrected chi connectivity index (χ1v) is 0. The van der Waals surface area contributed by atoms with Gasteiger partial charge >= 0.3 is 0 Å². The van der Waals surface area contributed by atoms with Crippen LogP contribution in [0.5, 0.6) is 0 Å². The molecule has 0 bridgehead atoms. The average Bonchev–Trinajstić information content (AvgIpc) is 0. The summed E-state index contributed by atoms with van der Waals surface area (Å²) < 4.78 is 0. The first kappa shape index (κ1) is 28.4. The van der Waals surface area contributed by atoms with E-state index in [0.717, 1.165) is 0 Å². The third kappa shape index (κ3) is 8.87. The Kier molecular flexibility index (Phi) is 119. The van der Waals surface area contributed by atoms with Crippen molar-refractivity contribution in [2.24, 2.45) is 0 Å². The summed E-state index contributed by atoms with van der Waals surface area (Å²) in [7, 11) is 0. The van der Waals surface area contributed by atoms with E-state index in [9.17, 15) is 0 Å². The van der Waals surface area contributed by atoms with Crippen molar-refractivity contribution in [2.75, 3.05) is 0 Å². The molecule has 0 spiro atoms. The first-order valence-electron chi connectivity index (χ1n) is 0. The second-order valence-corrected chi connectivity index (χ2v) is 0. The molecule has 4 heavy (non-hydrogen) atoms. The van der Waals surface area contributed by atoms with Crippen molar-refractivity contribution in [3.63, 3.8) is 0 Å². The van der Waals surface area contributed by atoms with Crippen LogP contribution in [0.15, 0.2) is 0 Å². The molecule has 0 atom stereocenters. The molecular formula is H2CaLaMnO. The quantitative estimate of drug-likeness (QED) is 0.484. The van der Waals surface area contributed by atoms with Crippen molar-refractivity contribution in [3.05, 3.63) is 0 Å². The molecule has 4 radical (unpaired) electrons. The Morgan fingerprint density at radius 3 is 1.00 bits per heavy atom. The average molecular weight is 252 g/mol. The number of hydrogen-bond donors (Lipinski definition) is 0. The van der Waals surface area contributed by atoms with Gasteiger partial charge in [0.05, 0.1) is 0 Å². The van der Waals surface area contributed by atoms with Gasteiger partial charge in [0.25, 0.3) is 0 Å². The molecule has 0 saturated heterocycles. The number of hydrogen-bond acceptors (Lipinski definition) is 0. The van der Waals surface area contributed by atoms with Gasteiger partial charge in [0.2, 0.25) is 0 Å². The minimum Gasteiger partial charge on any atom is -0.412 e. The van der Waals surface area contributed by atoms with Crippen molar-refractivity contribution < 1.29 is 58.1 Å². The molecule has 0 aromatic rings. The topological polar surface area (TPSA) is 31.5 Å². The van der Waals surface area contributed by atoms with Gasteiger partial charge < -0.3 is 5.48 Å². The molecule has 0 aliphatic heterocycles. The molecule has 0 rings (SSSR count). The van der Waals surface area contributed by atoms with E-state index in [2.05, 4.69) is 0 Å². The van der Waals surface area contributed by atoms with E-state index in [1.165, 1.54) is 0 Å². The molecule has 0 aliphatic carbocycles. The summed E-state index contributed by atoms with van der Waals surface area (Å²) in [5.74, 6) is 0. The third-order valence-electron chi connectivity index (χ3n) is 0. The SMILES string of the molecule is O.[Ca].[La].[Mn]. The van der Waals surface area contributed by atoms with Gasteiger partial charge in [-0.05, 0) is 0 Å². The summed E-state index contributed by atoms with van der Waals surface area (Å²) in [5.41, 5.74) is 0. The van der Waals surface area contributed by atoms with Gasteiger partial charge in [-0.15, -0.1) is 0 Å². The van der Waals surface area contributed by atoms with Crippen LogP contribution in [0.3, 0.4) is 0 Å². The van der Waals surface area contributed by atoms with Gasteiger partial charge in [-0.1, -0.05) is 0 Å². The van der Waals surface area contributed by atoms with Gasteiger partial charge in [-0.2, -0.15) is 0 Å². The van der Waals surface area contributed by atoms with Crippen molar-refractivity contribution in [3.8, 4) is 0 Å². The summed E-state index contributed by atoms with van der Waals surface area (Å²) in [5, 5.41) is 0. The summed E-state index contributed by atoms with van der Waals surface area (Å²) in [6, 6.07) is 0. The molecule has 0 aromatic heterocycles. The van der Waals surface area contributed by atoms with E-state index in [-0.39, 0.29) is 95.9 Å². The van der Waals surface area contributed by atoms with Crippen molar-refractivity contribution >= 4 is 37.7 Å². The molecule has 1 nitrogen and oxygen atoms in total. The summed E-state index contributed by atoms with van der Waals surface area (Å²) in [4.78, 5) is 0. The van der Waals surface area contributed by atoms with Crippen molar-refractivity contribution in [1.29, 1.82) is 0 Å². The van der Waals surface area contributed by atoms with Crippen LogP contribution >= 0.6 is 0 Å². The van der Waals surface area contributed by atoms with Crippen LogP contribution in [0.4, 0.5) is 0 Å². The van der Waals surface area contributed by atoms with E-state index in [1.54, 1.807) is 0 Å². The van der Waals surface area contributed by atoms with E-state index in [1.807, 2.05) is 0 Å². The molecule has 0 fully saturated rings. The molecule has 20 valence electrons. The zero-order chi connectivity index (χ0) is 0. The minimum absolute atomic E-state index is 0. The fraction of sp³-hybridized carbons (Fsp3) is 0. The van der Waals surface area contributed by atoms with Gasteiger partial charge in [0.15, 0.2) is 0 Å². The maximum absolute atomic E-state index is 0. The summed E-state index contributed by atoms with van der Waals surface area (Å²) in [6.45, 7) is 0. The monoisotopic (exact) mass is 252 g/mol. The van der Waals surface area contributed by atoms with E-state index in [0.29, 0.717) is 0 Å². The van der Waals surface area contributed by atoms with Crippen molar-refractivity contribution in [2.45, 2.75) is 0 Å². The standard InChI is InChI=1S/Ca.La.Mn.H2O/h;;;1H2. The molecule has 0 heterocycles. The van der Waals surface area contributed by atoms with Gasteiger partial charge in [0, 0.05) is 90.4 Å². The Morgan fingerprint density at radius 1 is 1.00 bits per heavy atom. The molecule has 0 aliphatic rings.